The number of aryl methyl sites for hydroxylation is 1. The predicted octanol–water partition coefficient (Wildman–Crippen LogP) is 2.99. The normalized spacial score (nSPS) is 12.2. The van der Waals surface area contributed by atoms with E-state index < -0.39 is 5.82 Å². The summed E-state index contributed by atoms with van der Waals surface area (Å²) >= 11 is 1.54. The molecule has 0 aliphatic rings. The van der Waals surface area contributed by atoms with Crippen LogP contribution in [-0.2, 0) is 0 Å². The van der Waals surface area contributed by atoms with Crippen LogP contribution >= 0.6 is 11.3 Å². The Balaban J connectivity index is 2.15. The molecule has 0 amide bonds. The second-order valence-corrected chi connectivity index (χ2v) is 5.00. The van der Waals surface area contributed by atoms with E-state index in [9.17, 15) is 4.39 Å². The maximum Gasteiger partial charge on any atom is 0.224 e. The van der Waals surface area contributed by atoms with Gasteiger partial charge in [0.15, 0.2) is 11.6 Å². The maximum atomic E-state index is 13.7. The number of hydrogen-bond acceptors (Lipinski definition) is 6. The number of anilines is 2. The quantitative estimate of drug-likeness (QED) is 0.882. The summed E-state index contributed by atoms with van der Waals surface area (Å²) in [5.41, 5.74) is 0.963. The maximum absolute atomic E-state index is 13.7. The molecular weight excluding hydrogens is 265 g/mol. The Labute approximate surface area is 115 Å². The topological polar surface area (TPSA) is 62.7 Å². The molecule has 0 aromatic carbocycles. The van der Waals surface area contributed by atoms with E-state index in [0.29, 0.717) is 12.5 Å². The molecule has 5 nitrogen and oxygen atoms in total. The van der Waals surface area contributed by atoms with Gasteiger partial charge in [0, 0.05) is 17.6 Å². The molecule has 0 saturated heterocycles. The summed E-state index contributed by atoms with van der Waals surface area (Å²) in [6, 6.07) is -0.0995. The van der Waals surface area contributed by atoms with E-state index in [1.54, 1.807) is 11.3 Å². The molecule has 1 unspecified atom stereocenters. The minimum atomic E-state index is -0.471. The molecule has 19 heavy (non-hydrogen) atoms. The van der Waals surface area contributed by atoms with Crippen molar-refractivity contribution in [3.8, 4) is 0 Å². The molecule has 102 valence electrons. The first-order chi connectivity index (χ1) is 9.10. The lowest BCUT2D eigenvalue weighted by atomic mass is 10.3. The van der Waals surface area contributed by atoms with Gasteiger partial charge in [0.2, 0.25) is 5.95 Å². The van der Waals surface area contributed by atoms with Gasteiger partial charge in [0.25, 0.3) is 0 Å². The number of nitrogens with one attached hydrogen (secondary N) is 2. The molecule has 0 saturated carbocycles. The largest absolute Gasteiger partial charge is 0.359 e. The van der Waals surface area contributed by atoms with Crippen molar-refractivity contribution in [2.45, 2.75) is 26.8 Å². The fraction of sp³-hybridized carbons (Fsp3) is 0.417. The standard InChI is InChI=1S/C12H16FN5S/c1-4-14-12-15-5-9(13)10(18-12)17-8(3)11-16-7(2)6-19-11/h5-6,8H,4H2,1-3H3,(H2,14,15,17,18). The highest BCUT2D eigenvalue weighted by atomic mass is 32.1. The minimum absolute atomic E-state index is 0.0995. The lowest BCUT2D eigenvalue weighted by molar-refractivity contribution is 0.614. The Morgan fingerprint density at radius 3 is 2.84 bits per heavy atom. The number of thiazole rings is 1. The summed E-state index contributed by atoms with van der Waals surface area (Å²) in [6.07, 6.45) is 1.16. The van der Waals surface area contributed by atoms with Gasteiger partial charge < -0.3 is 10.6 Å². The SMILES string of the molecule is CCNc1ncc(F)c(NC(C)c2nc(C)cs2)n1. The molecule has 2 heterocycles. The van der Waals surface area contributed by atoms with Crippen LogP contribution in [0.1, 0.15) is 30.6 Å². The highest BCUT2D eigenvalue weighted by Crippen LogP contribution is 2.23. The Hall–Kier alpha value is -1.76. The molecule has 7 heteroatoms. The first-order valence-corrected chi connectivity index (χ1v) is 6.93. The van der Waals surface area contributed by atoms with Gasteiger partial charge in [-0.1, -0.05) is 0 Å². The van der Waals surface area contributed by atoms with Gasteiger partial charge in [-0.25, -0.2) is 14.4 Å². The fourth-order valence-electron chi connectivity index (χ4n) is 1.55. The van der Waals surface area contributed by atoms with Crippen LogP contribution in [0.2, 0.25) is 0 Å². The van der Waals surface area contributed by atoms with Crippen LogP contribution in [0.15, 0.2) is 11.6 Å². The summed E-state index contributed by atoms with van der Waals surface area (Å²) in [5.74, 6) is 0.127. The number of aromatic nitrogens is 3. The lowest BCUT2D eigenvalue weighted by Crippen LogP contribution is -2.11. The van der Waals surface area contributed by atoms with Gasteiger partial charge >= 0.3 is 0 Å². The predicted molar refractivity (Wildman–Crippen MR) is 75.0 cm³/mol. The van der Waals surface area contributed by atoms with Crippen LogP contribution in [0.3, 0.4) is 0 Å². The third kappa shape index (κ3) is 3.37. The van der Waals surface area contributed by atoms with Crippen molar-refractivity contribution in [2.75, 3.05) is 17.2 Å². The van der Waals surface area contributed by atoms with Crippen LogP contribution in [0, 0.1) is 12.7 Å². The molecule has 0 aliphatic carbocycles. The third-order valence-electron chi connectivity index (χ3n) is 2.44. The van der Waals surface area contributed by atoms with Crippen LogP contribution in [0.5, 0.6) is 0 Å². The summed E-state index contributed by atoms with van der Waals surface area (Å²) in [7, 11) is 0. The van der Waals surface area contributed by atoms with E-state index in [0.717, 1.165) is 16.9 Å². The summed E-state index contributed by atoms with van der Waals surface area (Å²) in [5, 5.41) is 8.84. The van der Waals surface area contributed by atoms with Gasteiger partial charge in [-0.3, -0.25) is 0 Å². The van der Waals surface area contributed by atoms with Gasteiger partial charge in [-0.05, 0) is 20.8 Å². The molecule has 2 N–H and O–H groups in total. The second-order valence-electron chi connectivity index (χ2n) is 4.11. The second kappa shape index (κ2) is 5.92. The van der Waals surface area contributed by atoms with Crippen molar-refractivity contribution in [1.82, 2.24) is 15.0 Å². The number of rotatable bonds is 5. The van der Waals surface area contributed by atoms with Crippen LogP contribution in [0.25, 0.3) is 0 Å². The van der Waals surface area contributed by atoms with Crippen molar-refractivity contribution in [1.29, 1.82) is 0 Å². The molecule has 0 radical (unpaired) electrons. The van der Waals surface area contributed by atoms with E-state index in [1.165, 1.54) is 0 Å². The first kappa shape index (κ1) is 13.7. The smallest absolute Gasteiger partial charge is 0.224 e. The summed E-state index contributed by atoms with van der Waals surface area (Å²) in [4.78, 5) is 12.3. The van der Waals surface area contributed by atoms with Crippen molar-refractivity contribution in [3.63, 3.8) is 0 Å². The van der Waals surface area contributed by atoms with Crippen LogP contribution < -0.4 is 10.6 Å². The van der Waals surface area contributed by atoms with Gasteiger partial charge in [0.05, 0.1) is 12.2 Å². The molecular formula is C12H16FN5S. The molecule has 0 aliphatic heterocycles. The zero-order valence-corrected chi connectivity index (χ0v) is 11.9. The van der Waals surface area contributed by atoms with Crippen molar-refractivity contribution in [2.24, 2.45) is 0 Å². The van der Waals surface area contributed by atoms with E-state index >= 15 is 0 Å². The van der Waals surface area contributed by atoms with E-state index in [2.05, 4.69) is 25.6 Å². The fourth-order valence-corrected chi connectivity index (χ4v) is 2.35. The minimum Gasteiger partial charge on any atom is -0.359 e. The Morgan fingerprint density at radius 1 is 1.42 bits per heavy atom. The van der Waals surface area contributed by atoms with Gasteiger partial charge in [-0.15, -0.1) is 11.3 Å². The monoisotopic (exact) mass is 281 g/mol. The average Bonchev–Trinajstić information content (AvgIpc) is 2.80. The summed E-state index contributed by atoms with van der Waals surface area (Å²) in [6.45, 7) is 6.47. The van der Waals surface area contributed by atoms with Crippen molar-refractivity contribution < 1.29 is 4.39 Å². The zero-order valence-electron chi connectivity index (χ0n) is 11.1. The van der Waals surface area contributed by atoms with Crippen LogP contribution in [0.4, 0.5) is 16.2 Å². The lowest BCUT2D eigenvalue weighted by Gasteiger charge is -2.13. The Kier molecular flexibility index (Phi) is 4.26. The highest BCUT2D eigenvalue weighted by Gasteiger charge is 2.13. The molecule has 2 rings (SSSR count). The third-order valence-corrected chi connectivity index (χ3v) is 3.58. The number of halogens is 1. The molecule has 2 aromatic rings. The number of hydrogen-bond donors (Lipinski definition) is 2. The van der Waals surface area contributed by atoms with Crippen molar-refractivity contribution in [3.05, 3.63) is 28.1 Å². The van der Waals surface area contributed by atoms with Crippen LogP contribution in [-0.4, -0.2) is 21.5 Å². The number of nitrogens with zero attached hydrogens (tertiary/aromatic N) is 3. The van der Waals surface area contributed by atoms with E-state index in [-0.39, 0.29) is 11.9 Å². The van der Waals surface area contributed by atoms with Crippen molar-refractivity contribution >= 4 is 23.1 Å². The summed E-state index contributed by atoms with van der Waals surface area (Å²) < 4.78 is 13.7. The Morgan fingerprint density at radius 2 is 2.21 bits per heavy atom. The Bertz CT molecular complexity index is 557. The molecule has 2 aromatic heterocycles. The molecule has 0 fully saturated rings. The van der Waals surface area contributed by atoms with E-state index in [4.69, 9.17) is 0 Å². The molecule has 1 atom stereocenters. The van der Waals surface area contributed by atoms with Gasteiger partial charge in [-0.2, -0.15) is 4.98 Å². The molecule has 0 bridgehead atoms. The first-order valence-electron chi connectivity index (χ1n) is 6.05. The van der Waals surface area contributed by atoms with E-state index in [1.807, 2.05) is 26.2 Å². The highest BCUT2D eigenvalue weighted by molar-refractivity contribution is 7.09. The zero-order chi connectivity index (χ0) is 13.8. The average molecular weight is 281 g/mol. The molecule has 0 spiro atoms. The van der Waals surface area contributed by atoms with Gasteiger partial charge in [0.1, 0.15) is 5.01 Å².